The highest BCUT2D eigenvalue weighted by atomic mass is 32.2. The number of fused-ring (bicyclic) bond motifs is 2. The van der Waals surface area contributed by atoms with Crippen LogP contribution in [-0.4, -0.2) is 36.1 Å². The molecule has 2 amide bonds. The average Bonchev–Trinajstić information content (AvgIpc) is 3.51. The van der Waals surface area contributed by atoms with Crippen LogP contribution in [0.3, 0.4) is 0 Å². The second-order valence-corrected chi connectivity index (χ2v) is 9.66. The second-order valence-electron chi connectivity index (χ2n) is 8.37. The Morgan fingerprint density at radius 3 is 2.77 bits per heavy atom. The maximum atomic E-state index is 14.0. The number of hydrogen-bond acceptors (Lipinski definition) is 4. The van der Waals surface area contributed by atoms with Gasteiger partial charge in [0.2, 0.25) is 5.91 Å². The van der Waals surface area contributed by atoms with Gasteiger partial charge in [-0.05, 0) is 48.7 Å². The van der Waals surface area contributed by atoms with E-state index in [4.69, 9.17) is 4.74 Å². The Labute approximate surface area is 185 Å². The van der Waals surface area contributed by atoms with Crippen LogP contribution >= 0.6 is 11.8 Å². The first-order chi connectivity index (χ1) is 15.0. The molecule has 1 saturated heterocycles. The molecular weight excluding hydrogens is 415 g/mol. The molecule has 7 heteroatoms. The van der Waals surface area contributed by atoms with Crippen LogP contribution in [0.2, 0.25) is 0 Å². The molecule has 2 fully saturated rings. The van der Waals surface area contributed by atoms with Crippen molar-refractivity contribution < 1.29 is 18.7 Å². The van der Waals surface area contributed by atoms with Gasteiger partial charge in [0.15, 0.2) is 4.87 Å². The van der Waals surface area contributed by atoms with Crippen molar-refractivity contribution in [3.63, 3.8) is 0 Å². The molecule has 0 bridgehead atoms. The SMILES string of the molecule is COc1ccc2c(c1)C1(SCCN1C(=O)C1CCCC1)C(=O)N2Cc1cccc(F)c1. The van der Waals surface area contributed by atoms with Crippen molar-refractivity contribution in [1.29, 1.82) is 0 Å². The van der Waals surface area contributed by atoms with Crippen molar-refractivity contribution in [3.05, 3.63) is 59.4 Å². The van der Waals surface area contributed by atoms with E-state index in [-0.39, 0.29) is 30.1 Å². The fourth-order valence-corrected chi connectivity index (χ4v) is 6.57. The van der Waals surface area contributed by atoms with E-state index < -0.39 is 4.87 Å². The smallest absolute Gasteiger partial charge is 0.268 e. The Bertz CT molecular complexity index is 1040. The summed E-state index contributed by atoms with van der Waals surface area (Å²) in [5, 5.41) is 0. The van der Waals surface area contributed by atoms with Gasteiger partial charge in [0, 0.05) is 23.8 Å². The highest BCUT2D eigenvalue weighted by molar-refractivity contribution is 8.01. The lowest BCUT2D eigenvalue weighted by molar-refractivity contribution is -0.143. The Balaban J connectivity index is 1.59. The molecule has 0 N–H and O–H groups in total. The predicted octanol–water partition coefficient (Wildman–Crippen LogP) is 4.30. The number of carbonyl (C=O) groups is 2. The molecular formula is C24H25FN2O3S. The molecule has 2 aromatic rings. The molecule has 1 spiro atoms. The zero-order valence-electron chi connectivity index (χ0n) is 17.5. The summed E-state index contributed by atoms with van der Waals surface area (Å²) in [4.78, 5) is 29.9. The van der Waals surface area contributed by atoms with Crippen molar-refractivity contribution in [2.45, 2.75) is 37.1 Å². The lowest BCUT2D eigenvalue weighted by Gasteiger charge is -2.35. The summed E-state index contributed by atoms with van der Waals surface area (Å²) >= 11 is 1.52. The minimum atomic E-state index is -1.07. The van der Waals surface area contributed by atoms with Crippen molar-refractivity contribution in [2.75, 3.05) is 24.3 Å². The largest absolute Gasteiger partial charge is 0.497 e. The zero-order valence-corrected chi connectivity index (χ0v) is 18.3. The molecule has 1 atom stereocenters. The molecule has 0 radical (unpaired) electrons. The van der Waals surface area contributed by atoms with Crippen molar-refractivity contribution in [2.24, 2.45) is 5.92 Å². The molecule has 3 aliphatic rings. The summed E-state index contributed by atoms with van der Waals surface area (Å²) in [6.45, 7) is 0.805. The van der Waals surface area contributed by atoms with E-state index in [0.29, 0.717) is 23.6 Å². The molecule has 31 heavy (non-hydrogen) atoms. The molecule has 5 nitrogen and oxygen atoms in total. The maximum Gasteiger partial charge on any atom is 0.268 e. The van der Waals surface area contributed by atoms with Crippen LogP contribution in [0.25, 0.3) is 0 Å². The van der Waals surface area contributed by atoms with Crippen LogP contribution in [0.4, 0.5) is 10.1 Å². The molecule has 1 saturated carbocycles. The average molecular weight is 441 g/mol. The third kappa shape index (κ3) is 3.21. The maximum absolute atomic E-state index is 14.0. The van der Waals surface area contributed by atoms with Crippen LogP contribution in [0.15, 0.2) is 42.5 Å². The van der Waals surface area contributed by atoms with E-state index >= 15 is 0 Å². The minimum Gasteiger partial charge on any atom is -0.497 e. The molecule has 162 valence electrons. The summed E-state index contributed by atoms with van der Waals surface area (Å²) in [5.41, 5.74) is 2.26. The van der Waals surface area contributed by atoms with Crippen LogP contribution in [-0.2, 0) is 21.0 Å². The first-order valence-electron chi connectivity index (χ1n) is 10.7. The summed E-state index contributed by atoms with van der Waals surface area (Å²) in [7, 11) is 1.60. The van der Waals surface area contributed by atoms with Crippen LogP contribution in [0.5, 0.6) is 5.75 Å². The highest BCUT2D eigenvalue weighted by Gasteiger charge is 2.60. The first kappa shape index (κ1) is 20.4. The van der Waals surface area contributed by atoms with Crippen molar-refractivity contribution in [1.82, 2.24) is 4.90 Å². The summed E-state index contributed by atoms with van der Waals surface area (Å²) in [6, 6.07) is 11.9. The fourth-order valence-electron chi connectivity index (χ4n) is 5.11. The number of carbonyl (C=O) groups excluding carboxylic acids is 2. The minimum absolute atomic E-state index is 0.00491. The summed E-state index contributed by atoms with van der Waals surface area (Å²) in [6.07, 6.45) is 3.91. The number of anilines is 1. The summed E-state index contributed by atoms with van der Waals surface area (Å²) < 4.78 is 19.2. The van der Waals surface area contributed by atoms with E-state index in [2.05, 4.69) is 0 Å². The van der Waals surface area contributed by atoms with Crippen LogP contribution < -0.4 is 9.64 Å². The van der Waals surface area contributed by atoms with Gasteiger partial charge in [0.1, 0.15) is 11.6 Å². The monoisotopic (exact) mass is 440 g/mol. The molecule has 0 aromatic heterocycles. The Morgan fingerprint density at radius 2 is 2.03 bits per heavy atom. The third-order valence-electron chi connectivity index (χ3n) is 6.60. The van der Waals surface area contributed by atoms with Gasteiger partial charge in [-0.3, -0.25) is 9.59 Å². The summed E-state index contributed by atoms with van der Waals surface area (Å²) in [5.74, 6) is 0.969. The first-order valence-corrected chi connectivity index (χ1v) is 11.7. The molecule has 1 aliphatic carbocycles. The normalized spacial score (nSPS) is 23.1. The molecule has 2 aliphatic heterocycles. The van der Waals surface area contributed by atoms with Crippen LogP contribution in [0, 0.1) is 11.7 Å². The number of rotatable bonds is 4. The molecule has 2 heterocycles. The predicted molar refractivity (Wildman–Crippen MR) is 118 cm³/mol. The van der Waals surface area contributed by atoms with Crippen molar-refractivity contribution >= 4 is 29.3 Å². The number of halogens is 1. The van der Waals surface area contributed by atoms with Gasteiger partial charge in [0.05, 0.1) is 19.3 Å². The van der Waals surface area contributed by atoms with Gasteiger partial charge in [-0.25, -0.2) is 4.39 Å². The van der Waals surface area contributed by atoms with Gasteiger partial charge < -0.3 is 14.5 Å². The fraction of sp³-hybridized carbons (Fsp3) is 0.417. The number of amides is 2. The Morgan fingerprint density at radius 1 is 1.23 bits per heavy atom. The van der Waals surface area contributed by atoms with Gasteiger partial charge >= 0.3 is 0 Å². The van der Waals surface area contributed by atoms with E-state index in [0.717, 1.165) is 36.9 Å². The second kappa shape index (κ2) is 7.86. The van der Waals surface area contributed by atoms with Gasteiger partial charge in [0.25, 0.3) is 5.91 Å². The van der Waals surface area contributed by atoms with Crippen LogP contribution in [0.1, 0.15) is 36.8 Å². The van der Waals surface area contributed by atoms with Gasteiger partial charge in [-0.15, -0.1) is 11.8 Å². The van der Waals surface area contributed by atoms with E-state index in [1.165, 1.54) is 23.9 Å². The Kier molecular flexibility index (Phi) is 5.16. The number of thioether (sulfide) groups is 1. The lowest BCUT2D eigenvalue weighted by Crippen LogP contribution is -2.51. The third-order valence-corrected chi connectivity index (χ3v) is 8.02. The molecule has 2 aromatic carbocycles. The molecule has 5 rings (SSSR count). The van der Waals surface area contributed by atoms with Gasteiger partial charge in [-0.2, -0.15) is 0 Å². The molecule has 1 unspecified atom stereocenters. The van der Waals surface area contributed by atoms with Crippen molar-refractivity contribution in [3.8, 4) is 5.75 Å². The topological polar surface area (TPSA) is 49.9 Å². The van der Waals surface area contributed by atoms with E-state index in [1.807, 2.05) is 24.3 Å². The Hall–Kier alpha value is -2.54. The van der Waals surface area contributed by atoms with Gasteiger partial charge in [-0.1, -0.05) is 25.0 Å². The number of benzene rings is 2. The van der Waals surface area contributed by atoms with E-state index in [9.17, 15) is 14.0 Å². The quantitative estimate of drug-likeness (QED) is 0.711. The highest BCUT2D eigenvalue weighted by Crippen LogP contribution is 2.55. The zero-order chi connectivity index (χ0) is 21.6. The number of methoxy groups -OCH3 is 1. The standard InChI is InChI=1S/C24H25FN2O3S/c1-30-19-9-10-21-20(14-19)24(23(29)26(21)15-16-5-4-8-18(25)13-16)27(11-12-31-24)22(28)17-6-2-3-7-17/h4-5,8-10,13-14,17H,2-3,6-7,11-12,15H2,1H3. The van der Waals surface area contributed by atoms with E-state index in [1.54, 1.807) is 23.0 Å². The number of nitrogens with zero attached hydrogens (tertiary/aromatic N) is 2. The number of ether oxygens (including phenoxy) is 1. The number of hydrogen-bond donors (Lipinski definition) is 0. The lowest BCUT2D eigenvalue weighted by atomic mass is 10.0.